The summed E-state index contributed by atoms with van der Waals surface area (Å²) in [5.41, 5.74) is 1.57. The van der Waals surface area contributed by atoms with Crippen molar-refractivity contribution in [3.05, 3.63) is 18.0 Å². The van der Waals surface area contributed by atoms with Crippen LogP contribution in [0.25, 0.3) is 0 Å². The average Bonchev–Trinajstić information content (AvgIpc) is 2.69. The van der Waals surface area contributed by atoms with E-state index < -0.39 is 0 Å². The Hall–Kier alpha value is -0.790. The van der Waals surface area contributed by atoms with Gasteiger partial charge in [-0.15, -0.1) is 0 Å². The van der Waals surface area contributed by atoms with E-state index in [1.165, 1.54) is 24.8 Å². The summed E-state index contributed by atoms with van der Waals surface area (Å²) in [5.74, 6) is 0.872. The largest absolute Gasteiger partial charge is 0.269 e. The molecule has 0 amide bonds. The van der Waals surface area contributed by atoms with Crippen LogP contribution in [0.3, 0.4) is 0 Å². The Morgan fingerprint density at radius 2 is 2.07 bits per heavy atom. The highest BCUT2D eigenvalue weighted by atomic mass is 15.3. The molecule has 0 aliphatic heterocycles. The van der Waals surface area contributed by atoms with Gasteiger partial charge < -0.3 is 0 Å². The van der Waals surface area contributed by atoms with Gasteiger partial charge in [-0.05, 0) is 36.2 Å². The van der Waals surface area contributed by atoms with E-state index in [2.05, 4.69) is 43.7 Å². The highest BCUT2D eigenvalue weighted by Gasteiger charge is 2.24. The standard InChI is InChI=1S/C13H22N2/c1-10-5-6-12(7-10)15-9-11(8-14-15)13(2,3)4/h8-10,12H,5-7H2,1-4H3. The van der Waals surface area contributed by atoms with Gasteiger partial charge in [-0.25, -0.2) is 0 Å². The molecule has 1 aromatic heterocycles. The molecule has 2 unspecified atom stereocenters. The zero-order valence-electron chi connectivity index (χ0n) is 10.3. The van der Waals surface area contributed by atoms with Gasteiger partial charge in [0.2, 0.25) is 0 Å². The molecule has 0 N–H and O–H groups in total. The molecule has 1 aromatic rings. The summed E-state index contributed by atoms with van der Waals surface area (Å²) in [4.78, 5) is 0. The fourth-order valence-electron chi connectivity index (χ4n) is 2.34. The first-order valence-electron chi connectivity index (χ1n) is 6.01. The fourth-order valence-corrected chi connectivity index (χ4v) is 2.34. The van der Waals surface area contributed by atoms with Crippen LogP contribution in [0.1, 0.15) is 58.6 Å². The number of aromatic nitrogens is 2. The predicted molar refractivity (Wildman–Crippen MR) is 63.0 cm³/mol. The van der Waals surface area contributed by atoms with E-state index in [-0.39, 0.29) is 5.41 Å². The van der Waals surface area contributed by atoms with Crippen LogP contribution in [-0.4, -0.2) is 9.78 Å². The molecule has 2 atom stereocenters. The lowest BCUT2D eigenvalue weighted by Crippen LogP contribution is -2.10. The maximum absolute atomic E-state index is 4.52. The molecule has 0 aromatic carbocycles. The monoisotopic (exact) mass is 206 g/mol. The Bertz CT molecular complexity index is 333. The van der Waals surface area contributed by atoms with Gasteiger partial charge in [0.05, 0.1) is 12.2 Å². The third-order valence-corrected chi connectivity index (χ3v) is 3.51. The molecular formula is C13H22N2. The topological polar surface area (TPSA) is 17.8 Å². The molecule has 2 heteroatoms. The molecule has 1 saturated carbocycles. The summed E-state index contributed by atoms with van der Waals surface area (Å²) in [6, 6.07) is 0.649. The van der Waals surface area contributed by atoms with Gasteiger partial charge in [0, 0.05) is 6.20 Å². The van der Waals surface area contributed by atoms with Crippen LogP contribution in [0.4, 0.5) is 0 Å². The van der Waals surface area contributed by atoms with E-state index >= 15 is 0 Å². The molecule has 84 valence electrons. The van der Waals surface area contributed by atoms with Crippen molar-refractivity contribution in [3.8, 4) is 0 Å². The minimum absolute atomic E-state index is 0.225. The van der Waals surface area contributed by atoms with Gasteiger partial charge in [-0.2, -0.15) is 5.10 Å². The average molecular weight is 206 g/mol. The van der Waals surface area contributed by atoms with E-state index in [0.717, 1.165) is 5.92 Å². The molecule has 0 saturated heterocycles. The van der Waals surface area contributed by atoms with Gasteiger partial charge >= 0.3 is 0 Å². The van der Waals surface area contributed by atoms with Crippen LogP contribution in [-0.2, 0) is 5.41 Å². The zero-order chi connectivity index (χ0) is 11.1. The smallest absolute Gasteiger partial charge is 0.0527 e. The normalized spacial score (nSPS) is 27.2. The van der Waals surface area contributed by atoms with E-state index in [0.29, 0.717) is 6.04 Å². The Balaban J connectivity index is 2.14. The molecule has 1 fully saturated rings. The summed E-state index contributed by atoms with van der Waals surface area (Å²) in [6.45, 7) is 9.07. The summed E-state index contributed by atoms with van der Waals surface area (Å²) in [6.07, 6.45) is 8.22. The second kappa shape index (κ2) is 3.66. The third kappa shape index (κ3) is 2.24. The van der Waals surface area contributed by atoms with Crippen molar-refractivity contribution in [2.24, 2.45) is 5.92 Å². The van der Waals surface area contributed by atoms with Crippen molar-refractivity contribution in [2.75, 3.05) is 0 Å². The van der Waals surface area contributed by atoms with E-state index in [4.69, 9.17) is 0 Å². The lowest BCUT2D eigenvalue weighted by molar-refractivity contribution is 0.448. The molecule has 0 radical (unpaired) electrons. The molecule has 15 heavy (non-hydrogen) atoms. The maximum atomic E-state index is 4.52. The van der Waals surface area contributed by atoms with Crippen molar-refractivity contribution in [3.63, 3.8) is 0 Å². The Morgan fingerprint density at radius 3 is 2.53 bits per heavy atom. The van der Waals surface area contributed by atoms with Crippen molar-refractivity contribution in [1.29, 1.82) is 0 Å². The van der Waals surface area contributed by atoms with Gasteiger partial charge in [0.1, 0.15) is 0 Å². The Morgan fingerprint density at radius 1 is 1.33 bits per heavy atom. The fraction of sp³-hybridized carbons (Fsp3) is 0.769. The van der Waals surface area contributed by atoms with Crippen LogP contribution in [0.15, 0.2) is 12.4 Å². The second-order valence-electron chi connectivity index (χ2n) is 6.03. The maximum Gasteiger partial charge on any atom is 0.0527 e. The number of hydrogen-bond donors (Lipinski definition) is 0. The highest BCUT2D eigenvalue weighted by Crippen LogP contribution is 2.34. The first-order valence-corrected chi connectivity index (χ1v) is 6.01. The number of hydrogen-bond acceptors (Lipinski definition) is 1. The summed E-state index contributed by atoms with van der Waals surface area (Å²) < 4.78 is 2.18. The van der Waals surface area contributed by atoms with Crippen LogP contribution < -0.4 is 0 Å². The van der Waals surface area contributed by atoms with Crippen molar-refractivity contribution >= 4 is 0 Å². The van der Waals surface area contributed by atoms with E-state index in [1.54, 1.807) is 0 Å². The summed E-state index contributed by atoms with van der Waals surface area (Å²) in [7, 11) is 0. The first kappa shape index (κ1) is 10.7. The zero-order valence-corrected chi connectivity index (χ0v) is 10.3. The Kier molecular flexibility index (Phi) is 2.61. The molecule has 2 rings (SSSR count). The summed E-state index contributed by atoms with van der Waals surface area (Å²) in [5, 5.41) is 4.52. The van der Waals surface area contributed by atoms with Crippen LogP contribution in [0.5, 0.6) is 0 Å². The van der Waals surface area contributed by atoms with Gasteiger partial charge in [-0.3, -0.25) is 4.68 Å². The molecule has 0 spiro atoms. The lowest BCUT2D eigenvalue weighted by atomic mass is 9.90. The minimum atomic E-state index is 0.225. The highest BCUT2D eigenvalue weighted by molar-refractivity contribution is 5.15. The van der Waals surface area contributed by atoms with Crippen LogP contribution >= 0.6 is 0 Å². The van der Waals surface area contributed by atoms with Gasteiger partial charge in [0.15, 0.2) is 0 Å². The Labute approximate surface area is 92.7 Å². The first-order chi connectivity index (χ1) is 6.97. The molecule has 1 heterocycles. The molecule has 2 nitrogen and oxygen atoms in total. The molecule has 1 aliphatic carbocycles. The van der Waals surface area contributed by atoms with Crippen LogP contribution in [0.2, 0.25) is 0 Å². The minimum Gasteiger partial charge on any atom is -0.269 e. The van der Waals surface area contributed by atoms with E-state index in [9.17, 15) is 0 Å². The van der Waals surface area contributed by atoms with Crippen molar-refractivity contribution in [1.82, 2.24) is 9.78 Å². The second-order valence-corrected chi connectivity index (χ2v) is 6.03. The quantitative estimate of drug-likeness (QED) is 0.687. The molecular weight excluding hydrogens is 184 g/mol. The van der Waals surface area contributed by atoms with Gasteiger partial charge in [0.25, 0.3) is 0 Å². The number of rotatable bonds is 1. The lowest BCUT2D eigenvalue weighted by Gasteiger charge is -2.16. The van der Waals surface area contributed by atoms with Crippen molar-refractivity contribution in [2.45, 2.75) is 58.4 Å². The predicted octanol–water partition coefficient (Wildman–Crippen LogP) is 3.54. The van der Waals surface area contributed by atoms with Crippen LogP contribution in [0, 0.1) is 5.92 Å². The van der Waals surface area contributed by atoms with Crippen molar-refractivity contribution < 1.29 is 0 Å². The van der Waals surface area contributed by atoms with E-state index in [1.807, 2.05) is 6.20 Å². The molecule has 0 bridgehead atoms. The number of nitrogens with zero attached hydrogens (tertiary/aromatic N) is 2. The molecule has 1 aliphatic rings. The van der Waals surface area contributed by atoms with Gasteiger partial charge in [-0.1, -0.05) is 27.7 Å². The summed E-state index contributed by atoms with van der Waals surface area (Å²) >= 11 is 0. The third-order valence-electron chi connectivity index (χ3n) is 3.51. The SMILES string of the molecule is CC1CCC(n2cc(C(C)(C)C)cn2)C1.